The molecule has 0 saturated carbocycles. The number of aliphatic carboxylic acids is 1. The Morgan fingerprint density at radius 1 is 1.07 bits per heavy atom. The molecule has 0 bridgehead atoms. The molecule has 2 atom stereocenters. The molecule has 0 radical (unpaired) electrons. The van der Waals surface area contributed by atoms with Crippen molar-refractivity contribution in [3.63, 3.8) is 0 Å². The van der Waals surface area contributed by atoms with Gasteiger partial charge in [0, 0.05) is 5.92 Å². The molecule has 0 heterocycles. The number of fused-ring (bicyclic) bond motifs is 3. The van der Waals surface area contributed by atoms with Gasteiger partial charge >= 0.3 is 12.1 Å². The van der Waals surface area contributed by atoms with Crippen molar-refractivity contribution in [1.29, 1.82) is 0 Å². The first-order valence-corrected chi connectivity index (χ1v) is 9.87. The smallest absolute Gasteiger partial charge is 0.407 e. The summed E-state index contributed by atoms with van der Waals surface area (Å²) >= 11 is 0. The Morgan fingerprint density at radius 2 is 1.64 bits per heavy atom. The summed E-state index contributed by atoms with van der Waals surface area (Å²) in [5, 5.41) is 12.0. The fourth-order valence-corrected chi connectivity index (χ4v) is 3.91. The maximum absolute atomic E-state index is 12.3. The fraction of sp³-hybridized carbons (Fsp3) is 0.391. The Bertz CT molecular complexity index is 803. The Morgan fingerprint density at radius 3 is 2.18 bits per heavy atom. The van der Waals surface area contributed by atoms with Crippen LogP contribution in [-0.4, -0.2) is 29.8 Å². The maximum atomic E-state index is 12.3. The zero-order valence-corrected chi connectivity index (χ0v) is 16.4. The van der Waals surface area contributed by atoms with E-state index in [2.05, 4.69) is 24.4 Å². The Labute approximate surface area is 165 Å². The molecule has 0 aliphatic heterocycles. The van der Waals surface area contributed by atoms with Gasteiger partial charge < -0.3 is 15.2 Å². The van der Waals surface area contributed by atoms with Crippen LogP contribution in [0.15, 0.2) is 48.5 Å². The number of hydrogen-bond donors (Lipinski definition) is 2. The highest BCUT2D eigenvalue weighted by Gasteiger charge is 2.30. The number of carbonyl (C=O) groups is 2. The predicted octanol–water partition coefficient (Wildman–Crippen LogP) is 4.80. The summed E-state index contributed by atoms with van der Waals surface area (Å²) in [5.74, 6) is -1.23. The average Bonchev–Trinajstić information content (AvgIpc) is 3.02. The zero-order chi connectivity index (χ0) is 20.1. The van der Waals surface area contributed by atoms with E-state index in [1.807, 2.05) is 43.3 Å². The van der Waals surface area contributed by atoms with Crippen LogP contribution in [0.4, 0.5) is 4.79 Å². The molecule has 2 N–H and O–H groups in total. The van der Waals surface area contributed by atoms with Gasteiger partial charge in [-0.1, -0.05) is 75.2 Å². The number of carboxylic acids is 1. The van der Waals surface area contributed by atoms with Crippen LogP contribution < -0.4 is 5.32 Å². The topological polar surface area (TPSA) is 75.6 Å². The SMILES string of the molecule is CCCC[C@H](C)[C@H](NC(=O)OCC1c2ccccc2-c2ccccc21)C(=O)O. The van der Waals surface area contributed by atoms with Crippen molar-refractivity contribution >= 4 is 12.1 Å². The van der Waals surface area contributed by atoms with E-state index in [1.54, 1.807) is 0 Å². The van der Waals surface area contributed by atoms with Gasteiger partial charge in [0.1, 0.15) is 12.6 Å². The standard InChI is InChI=1S/C23H27NO4/c1-3-4-9-15(2)21(22(25)26)24-23(27)28-14-20-18-12-7-5-10-16(18)17-11-6-8-13-19(17)20/h5-8,10-13,15,20-21H,3-4,9,14H2,1-2H3,(H,24,27)(H,25,26)/t15-,21-/m0/s1. The van der Waals surface area contributed by atoms with Crippen molar-refractivity contribution in [2.45, 2.75) is 45.1 Å². The normalized spacial score (nSPS) is 14.6. The van der Waals surface area contributed by atoms with Gasteiger partial charge in [0.05, 0.1) is 0 Å². The number of unbranched alkanes of at least 4 members (excludes halogenated alkanes) is 1. The number of amides is 1. The van der Waals surface area contributed by atoms with Crippen LogP contribution in [0.3, 0.4) is 0 Å². The number of ether oxygens (including phenoxy) is 1. The van der Waals surface area contributed by atoms with Crippen LogP contribution in [0.2, 0.25) is 0 Å². The highest BCUT2D eigenvalue weighted by molar-refractivity contribution is 5.81. The molecule has 0 spiro atoms. The number of nitrogens with one attached hydrogen (secondary N) is 1. The lowest BCUT2D eigenvalue weighted by Gasteiger charge is -2.22. The molecule has 28 heavy (non-hydrogen) atoms. The molecule has 3 rings (SSSR count). The number of rotatable bonds is 8. The molecule has 1 aliphatic rings. The highest BCUT2D eigenvalue weighted by Crippen LogP contribution is 2.44. The summed E-state index contributed by atoms with van der Waals surface area (Å²) in [7, 11) is 0. The summed E-state index contributed by atoms with van der Waals surface area (Å²) in [6.45, 7) is 4.08. The lowest BCUT2D eigenvalue weighted by molar-refractivity contribution is -0.140. The second-order valence-corrected chi connectivity index (χ2v) is 7.41. The first-order chi connectivity index (χ1) is 13.5. The quantitative estimate of drug-likeness (QED) is 0.688. The molecule has 0 unspecified atom stereocenters. The summed E-state index contributed by atoms with van der Waals surface area (Å²) in [4.78, 5) is 23.9. The largest absolute Gasteiger partial charge is 0.480 e. The van der Waals surface area contributed by atoms with E-state index >= 15 is 0 Å². The zero-order valence-electron chi connectivity index (χ0n) is 16.4. The van der Waals surface area contributed by atoms with Crippen molar-refractivity contribution < 1.29 is 19.4 Å². The van der Waals surface area contributed by atoms with Crippen molar-refractivity contribution in [1.82, 2.24) is 5.32 Å². The molecule has 5 heteroatoms. The van der Waals surface area contributed by atoms with E-state index in [-0.39, 0.29) is 18.4 Å². The molecule has 0 saturated heterocycles. The number of carboxylic acid groups (broad SMARTS) is 1. The van der Waals surface area contributed by atoms with Gasteiger partial charge in [-0.3, -0.25) is 0 Å². The molecule has 0 aromatic heterocycles. The fourth-order valence-electron chi connectivity index (χ4n) is 3.91. The van der Waals surface area contributed by atoms with E-state index in [1.165, 1.54) is 0 Å². The molecule has 2 aromatic rings. The van der Waals surface area contributed by atoms with Crippen molar-refractivity contribution in [3.8, 4) is 11.1 Å². The molecule has 0 fully saturated rings. The van der Waals surface area contributed by atoms with Gasteiger partial charge in [-0.25, -0.2) is 9.59 Å². The molecular formula is C23H27NO4. The van der Waals surface area contributed by atoms with E-state index in [4.69, 9.17) is 4.74 Å². The van der Waals surface area contributed by atoms with Gasteiger partial charge in [-0.2, -0.15) is 0 Å². The van der Waals surface area contributed by atoms with Crippen LogP contribution in [0.5, 0.6) is 0 Å². The molecule has 148 valence electrons. The van der Waals surface area contributed by atoms with E-state index < -0.39 is 18.1 Å². The predicted molar refractivity (Wildman–Crippen MR) is 108 cm³/mol. The minimum absolute atomic E-state index is 0.0426. The molecule has 1 aliphatic carbocycles. The first kappa shape index (κ1) is 19.9. The van der Waals surface area contributed by atoms with Crippen LogP contribution in [0.25, 0.3) is 11.1 Å². The first-order valence-electron chi connectivity index (χ1n) is 9.87. The third-order valence-corrected chi connectivity index (χ3v) is 5.47. The third-order valence-electron chi connectivity index (χ3n) is 5.47. The molecule has 1 amide bonds. The van der Waals surface area contributed by atoms with Crippen LogP contribution in [-0.2, 0) is 9.53 Å². The van der Waals surface area contributed by atoms with Crippen molar-refractivity contribution in [3.05, 3.63) is 59.7 Å². The lowest BCUT2D eigenvalue weighted by Crippen LogP contribution is -2.45. The van der Waals surface area contributed by atoms with Gasteiger partial charge in [0.25, 0.3) is 0 Å². The average molecular weight is 381 g/mol. The minimum atomic E-state index is -1.03. The molecular weight excluding hydrogens is 354 g/mol. The second-order valence-electron chi connectivity index (χ2n) is 7.41. The van der Waals surface area contributed by atoms with E-state index in [0.29, 0.717) is 0 Å². The lowest BCUT2D eigenvalue weighted by atomic mass is 9.96. The Hall–Kier alpha value is -2.82. The van der Waals surface area contributed by atoms with Crippen molar-refractivity contribution in [2.24, 2.45) is 5.92 Å². The maximum Gasteiger partial charge on any atom is 0.407 e. The van der Waals surface area contributed by atoms with E-state index in [0.717, 1.165) is 41.5 Å². The summed E-state index contributed by atoms with van der Waals surface area (Å²) < 4.78 is 5.46. The van der Waals surface area contributed by atoms with Crippen LogP contribution >= 0.6 is 0 Å². The second kappa shape index (κ2) is 8.91. The van der Waals surface area contributed by atoms with E-state index in [9.17, 15) is 14.7 Å². The highest BCUT2D eigenvalue weighted by atomic mass is 16.5. The Balaban J connectivity index is 1.67. The number of alkyl carbamates (subject to hydrolysis) is 1. The molecule has 2 aromatic carbocycles. The third kappa shape index (κ3) is 4.19. The summed E-state index contributed by atoms with van der Waals surface area (Å²) in [5.41, 5.74) is 4.57. The summed E-state index contributed by atoms with van der Waals surface area (Å²) in [6, 6.07) is 15.3. The van der Waals surface area contributed by atoms with Crippen LogP contribution in [0, 0.1) is 5.92 Å². The van der Waals surface area contributed by atoms with Gasteiger partial charge in [0.15, 0.2) is 0 Å². The van der Waals surface area contributed by atoms with Gasteiger partial charge in [-0.15, -0.1) is 0 Å². The van der Waals surface area contributed by atoms with Crippen molar-refractivity contribution in [2.75, 3.05) is 6.61 Å². The number of benzene rings is 2. The number of carbonyl (C=O) groups excluding carboxylic acids is 1. The molecule has 5 nitrogen and oxygen atoms in total. The summed E-state index contributed by atoms with van der Waals surface area (Å²) in [6.07, 6.45) is 1.98. The monoisotopic (exact) mass is 381 g/mol. The van der Waals surface area contributed by atoms with Gasteiger partial charge in [0.2, 0.25) is 0 Å². The van der Waals surface area contributed by atoms with Crippen LogP contribution in [0.1, 0.15) is 50.2 Å². The minimum Gasteiger partial charge on any atom is -0.480 e. The number of hydrogen-bond acceptors (Lipinski definition) is 3. The van der Waals surface area contributed by atoms with Gasteiger partial charge in [-0.05, 0) is 34.6 Å². The Kier molecular flexibility index (Phi) is 6.34.